The molecular weight excluding hydrogens is 282 g/mol. The van der Waals surface area contributed by atoms with Crippen LogP contribution in [0, 0.1) is 5.92 Å². The molecule has 1 heterocycles. The van der Waals surface area contributed by atoms with Gasteiger partial charge in [-0.1, -0.05) is 31.0 Å². The van der Waals surface area contributed by atoms with Crippen molar-refractivity contribution < 1.29 is 9.90 Å². The Morgan fingerprint density at radius 3 is 2.81 bits per heavy atom. The van der Waals surface area contributed by atoms with Crippen molar-refractivity contribution in [1.82, 2.24) is 5.32 Å². The summed E-state index contributed by atoms with van der Waals surface area (Å²) in [6.45, 7) is 2.04. The van der Waals surface area contributed by atoms with Crippen molar-refractivity contribution in [3.8, 4) is 0 Å². The van der Waals surface area contributed by atoms with Gasteiger partial charge in [0.05, 0.1) is 6.54 Å². The number of fused-ring (bicyclic) bond motifs is 1. The fourth-order valence-corrected chi connectivity index (χ4v) is 4.03. The zero-order chi connectivity index (χ0) is 14.9. The van der Waals surface area contributed by atoms with Gasteiger partial charge >= 0.3 is 0 Å². The molecule has 2 aromatic rings. The second kappa shape index (κ2) is 5.78. The lowest BCUT2D eigenvalue weighted by Gasteiger charge is -2.23. The summed E-state index contributed by atoms with van der Waals surface area (Å²) >= 11 is 1.59. The maximum Gasteiger partial charge on any atom is 0.223 e. The summed E-state index contributed by atoms with van der Waals surface area (Å²) in [6, 6.07) is 10.1. The monoisotopic (exact) mass is 303 g/mol. The van der Waals surface area contributed by atoms with Gasteiger partial charge in [0.25, 0.3) is 0 Å². The highest BCUT2D eigenvalue weighted by Crippen LogP contribution is 2.33. The highest BCUT2D eigenvalue weighted by atomic mass is 32.1. The van der Waals surface area contributed by atoms with Crippen LogP contribution in [-0.4, -0.2) is 17.6 Å². The molecule has 1 amide bonds. The number of benzene rings is 1. The van der Waals surface area contributed by atoms with E-state index in [1.54, 1.807) is 18.3 Å². The molecule has 0 radical (unpaired) electrons. The molecule has 1 aromatic carbocycles. The molecule has 0 saturated heterocycles. The molecule has 3 nitrogen and oxygen atoms in total. The second-order valence-electron chi connectivity index (χ2n) is 6.12. The van der Waals surface area contributed by atoms with E-state index in [0.717, 1.165) is 40.6 Å². The van der Waals surface area contributed by atoms with Gasteiger partial charge in [-0.25, -0.2) is 0 Å². The first-order valence-corrected chi connectivity index (χ1v) is 8.37. The van der Waals surface area contributed by atoms with Gasteiger partial charge in [-0.05, 0) is 37.3 Å². The van der Waals surface area contributed by atoms with Crippen molar-refractivity contribution in [3.63, 3.8) is 0 Å². The normalized spacial score (nSPS) is 18.8. The first-order chi connectivity index (χ1) is 10.1. The first kappa shape index (κ1) is 14.5. The van der Waals surface area contributed by atoms with Crippen LogP contribution in [0.3, 0.4) is 0 Å². The standard InChI is InChI=1S/C17H21NO2S/c1-17(20,11-18-16(19)12-6-2-3-7-12)15-10-13-8-4-5-9-14(13)21-15/h4-5,8-10,12,20H,2-3,6-7,11H2,1H3,(H,18,19). The van der Waals surface area contributed by atoms with E-state index in [0.29, 0.717) is 0 Å². The number of hydrogen-bond acceptors (Lipinski definition) is 3. The van der Waals surface area contributed by atoms with Crippen LogP contribution in [0.5, 0.6) is 0 Å². The predicted octanol–water partition coefficient (Wildman–Crippen LogP) is 3.42. The number of amides is 1. The van der Waals surface area contributed by atoms with Crippen molar-refractivity contribution >= 4 is 27.3 Å². The van der Waals surface area contributed by atoms with Gasteiger partial charge in [0.15, 0.2) is 0 Å². The second-order valence-corrected chi connectivity index (χ2v) is 7.21. The van der Waals surface area contributed by atoms with E-state index < -0.39 is 5.60 Å². The molecule has 1 unspecified atom stereocenters. The Morgan fingerprint density at radius 2 is 2.10 bits per heavy atom. The van der Waals surface area contributed by atoms with E-state index in [2.05, 4.69) is 11.4 Å². The van der Waals surface area contributed by atoms with E-state index in [9.17, 15) is 9.90 Å². The summed E-state index contributed by atoms with van der Waals surface area (Å²) in [5.74, 6) is 0.233. The topological polar surface area (TPSA) is 49.3 Å². The molecule has 2 N–H and O–H groups in total. The van der Waals surface area contributed by atoms with Gasteiger partial charge in [0.2, 0.25) is 5.91 Å². The molecule has 0 bridgehead atoms. The molecule has 0 spiro atoms. The average molecular weight is 303 g/mol. The zero-order valence-electron chi connectivity index (χ0n) is 12.3. The molecule has 0 aliphatic heterocycles. The van der Waals surface area contributed by atoms with Crippen LogP contribution < -0.4 is 5.32 Å². The smallest absolute Gasteiger partial charge is 0.223 e. The number of thiophene rings is 1. The minimum absolute atomic E-state index is 0.0916. The lowest BCUT2D eigenvalue weighted by Crippen LogP contribution is -2.40. The quantitative estimate of drug-likeness (QED) is 0.909. The molecule has 21 heavy (non-hydrogen) atoms. The Labute approximate surface area is 129 Å². The Bertz CT molecular complexity index is 608. The van der Waals surface area contributed by atoms with Crippen molar-refractivity contribution in [2.75, 3.05) is 6.54 Å². The summed E-state index contributed by atoms with van der Waals surface area (Å²) in [5.41, 5.74) is -1.02. The van der Waals surface area contributed by atoms with Crippen LogP contribution in [0.1, 0.15) is 37.5 Å². The van der Waals surface area contributed by atoms with Crippen molar-refractivity contribution in [2.45, 2.75) is 38.2 Å². The third kappa shape index (κ3) is 3.11. The summed E-state index contributed by atoms with van der Waals surface area (Å²) < 4.78 is 1.16. The van der Waals surface area contributed by atoms with Crippen LogP contribution in [0.4, 0.5) is 0 Å². The largest absolute Gasteiger partial charge is 0.383 e. The van der Waals surface area contributed by atoms with Crippen LogP contribution in [0.25, 0.3) is 10.1 Å². The van der Waals surface area contributed by atoms with Crippen molar-refractivity contribution in [1.29, 1.82) is 0 Å². The first-order valence-electron chi connectivity index (χ1n) is 7.55. The van der Waals surface area contributed by atoms with E-state index in [-0.39, 0.29) is 18.4 Å². The Kier molecular flexibility index (Phi) is 4.00. The molecule has 1 atom stereocenters. The van der Waals surface area contributed by atoms with Crippen molar-refractivity contribution in [3.05, 3.63) is 35.2 Å². The highest BCUT2D eigenvalue weighted by molar-refractivity contribution is 7.19. The molecule has 1 saturated carbocycles. The molecule has 4 heteroatoms. The number of carbonyl (C=O) groups excluding carboxylic acids is 1. The summed E-state index contributed by atoms with van der Waals surface area (Å²) in [4.78, 5) is 13.0. The molecule has 1 aliphatic rings. The van der Waals surface area contributed by atoms with E-state index in [4.69, 9.17) is 0 Å². The number of aliphatic hydroxyl groups is 1. The number of rotatable bonds is 4. The van der Waals surface area contributed by atoms with Gasteiger partial charge in [0.1, 0.15) is 5.60 Å². The molecule has 1 fully saturated rings. The number of carbonyl (C=O) groups is 1. The SMILES string of the molecule is CC(O)(CNC(=O)C1CCCC1)c1cc2ccccc2s1. The molecule has 1 aliphatic carbocycles. The predicted molar refractivity (Wildman–Crippen MR) is 86.4 cm³/mol. The lowest BCUT2D eigenvalue weighted by atomic mass is 10.0. The van der Waals surface area contributed by atoms with Gasteiger partial charge in [-0.2, -0.15) is 0 Å². The van der Waals surface area contributed by atoms with Crippen LogP contribution in [0.15, 0.2) is 30.3 Å². The van der Waals surface area contributed by atoms with E-state index >= 15 is 0 Å². The Hall–Kier alpha value is -1.39. The molecule has 1 aromatic heterocycles. The zero-order valence-corrected chi connectivity index (χ0v) is 13.1. The van der Waals surface area contributed by atoms with E-state index in [1.165, 1.54) is 0 Å². The van der Waals surface area contributed by atoms with Gasteiger partial charge in [-0.15, -0.1) is 11.3 Å². The van der Waals surface area contributed by atoms with Gasteiger partial charge < -0.3 is 10.4 Å². The average Bonchev–Trinajstić information content (AvgIpc) is 3.13. The minimum atomic E-state index is -1.02. The third-order valence-electron chi connectivity index (χ3n) is 4.29. The molecule has 3 rings (SSSR count). The van der Waals surface area contributed by atoms with Crippen molar-refractivity contribution in [2.24, 2.45) is 5.92 Å². The summed E-state index contributed by atoms with van der Waals surface area (Å²) in [5, 5.41) is 14.7. The Morgan fingerprint density at radius 1 is 1.38 bits per heavy atom. The van der Waals surface area contributed by atoms with Gasteiger partial charge in [0, 0.05) is 15.5 Å². The summed E-state index contributed by atoms with van der Waals surface area (Å²) in [7, 11) is 0. The lowest BCUT2D eigenvalue weighted by molar-refractivity contribution is -0.126. The van der Waals surface area contributed by atoms with Gasteiger partial charge in [-0.3, -0.25) is 4.79 Å². The van der Waals surface area contributed by atoms with Crippen LogP contribution in [0.2, 0.25) is 0 Å². The Balaban J connectivity index is 1.69. The van der Waals surface area contributed by atoms with Crippen LogP contribution in [-0.2, 0) is 10.4 Å². The third-order valence-corrected chi connectivity index (χ3v) is 5.66. The number of hydrogen-bond donors (Lipinski definition) is 2. The van der Waals surface area contributed by atoms with Crippen LogP contribution >= 0.6 is 11.3 Å². The molecular formula is C17H21NO2S. The fraction of sp³-hybridized carbons (Fsp3) is 0.471. The van der Waals surface area contributed by atoms with E-state index in [1.807, 2.05) is 24.3 Å². The summed E-state index contributed by atoms with van der Waals surface area (Å²) in [6.07, 6.45) is 4.25. The minimum Gasteiger partial charge on any atom is -0.383 e. The number of nitrogens with one attached hydrogen (secondary N) is 1. The fourth-order valence-electron chi connectivity index (χ4n) is 2.93. The molecule has 112 valence electrons. The highest BCUT2D eigenvalue weighted by Gasteiger charge is 2.28. The maximum atomic E-state index is 12.1. The maximum absolute atomic E-state index is 12.1.